The Morgan fingerprint density at radius 2 is 2.10 bits per heavy atom. The van der Waals surface area contributed by atoms with Gasteiger partial charge in [0.05, 0.1) is 0 Å². The van der Waals surface area contributed by atoms with E-state index < -0.39 is 5.95 Å². The van der Waals surface area contributed by atoms with E-state index in [1.54, 1.807) is 17.0 Å². The van der Waals surface area contributed by atoms with Gasteiger partial charge in [-0.2, -0.15) is 4.39 Å². The average Bonchev–Trinajstić information content (AvgIpc) is 2.36. The predicted octanol–water partition coefficient (Wildman–Crippen LogP) is 2.24. The Morgan fingerprint density at radius 1 is 1.38 bits per heavy atom. The number of piperazine rings is 1. The number of halogens is 1. The van der Waals surface area contributed by atoms with Gasteiger partial charge >= 0.3 is 6.03 Å². The second kappa shape index (κ2) is 5.87. The first-order chi connectivity index (χ1) is 9.76. The van der Waals surface area contributed by atoms with Crippen molar-refractivity contribution in [2.75, 3.05) is 24.5 Å². The molecule has 1 atom stereocenters. The van der Waals surface area contributed by atoms with Crippen LogP contribution in [0.4, 0.5) is 15.0 Å². The topological polar surface area (TPSA) is 48.5 Å². The van der Waals surface area contributed by atoms with Gasteiger partial charge in [-0.1, -0.05) is 6.07 Å². The molecule has 2 rings (SSSR count). The summed E-state index contributed by atoms with van der Waals surface area (Å²) in [7, 11) is 0. The van der Waals surface area contributed by atoms with Crippen molar-refractivity contribution < 1.29 is 9.18 Å². The maximum Gasteiger partial charge on any atom is 0.317 e. The third-order valence-electron chi connectivity index (χ3n) is 3.39. The van der Waals surface area contributed by atoms with Crippen molar-refractivity contribution in [2.45, 2.75) is 39.3 Å². The summed E-state index contributed by atoms with van der Waals surface area (Å²) in [4.78, 5) is 19.9. The van der Waals surface area contributed by atoms with Gasteiger partial charge in [-0.3, -0.25) is 0 Å². The van der Waals surface area contributed by atoms with Crippen LogP contribution in [-0.4, -0.2) is 47.1 Å². The molecule has 2 heterocycles. The standard InChI is InChI=1S/C15H23FN4O/c1-11-10-19(14(21)18-15(2,3)4)8-9-20(11)13-7-5-6-12(16)17-13/h5-7,11H,8-10H2,1-4H3,(H,18,21). The van der Waals surface area contributed by atoms with Crippen LogP contribution >= 0.6 is 0 Å². The van der Waals surface area contributed by atoms with E-state index in [9.17, 15) is 9.18 Å². The van der Waals surface area contributed by atoms with E-state index in [-0.39, 0.29) is 17.6 Å². The van der Waals surface area contributed by atoms with E-state index in [2.05, 4.69) is 10.3 Å². The molecule has 1 saturated heterocycles. The van der Waals surface area contributed by atoms with Gasteiger partial charge in [0.2, 0.25) is 5.95 Å². The van der Waals surface area contributed by atoms with Crippen LogP contribution in [0.15, 0.2) is 18.2 Å². The lowest BCUT2D eigenvalue weighted by molar-refractivity contribution is 0.178. The van der Waals surface area contributed by atoms with Crippen molar-refractivity contribution in [3.05, 3.63) is 24.1 Å². The van der Waals surface area contributed by atoms with Gasteiger partial charge in [0.15, 0.2) is 0 Å². The number of carbonyl (C=O) groups is 1. The van der Waals surface area contributed by atoms with Crippen LogP contribution in [-0.2, 0) is 0 Å². The molecule has 1 aromatic heterocycles. The molecule has 1 aliphatic rings. The predicted molar refractivity (Wildman–Crippen MR) is 80.9 cm³/mol. The van der Waals surface area contributed by atoms with Crippen LogP contribution in [0.1, 0.15) is 27.7 Å². The third-order valence-corrected chi connectivity index (χ3v) is 3.39. The quantitative estimate of drug-likeness (QED) is 0.808. The SMILES string of the molecule is CC1CN(C(=O)NC(C)(C)C)CCN1c1cccc(F)n1. The summed E-state index contributed by atoms with van der Waals surface area (Å²) in [6.45, 7) is 9.74. The first kappa shape index (κ1) is 15.5. The highest BCUT2D eigenvalue weighted by atomic mass is 19.1. The van der Waals surface area contributed by atoms with E-state index in [1.807, 2.05) is 32.6 Å². The first-order valence-corrected chi connectivity index (χ1v) is 7.22. The maximum atomic E-state index is 13.2. The highest BCUT2D eigenvalue weighted by Gasteiger charge is 2.29. The van der Waals surface area contributed by atoms with E-state index in [4.69, 9.17) is 0 Å². The number of nitrogens with zero attached hydrogens (tertiary/aromatic N) is 3. The zero-order valence-corrected chi connectivity index (χ0v) is 13.1. The summed E-state index contributed by atoms with van der Waals surface area (Å²) in [6.07, 6.45) is 0. The van der Waals surface area contributed by atoms with Crippen LogP contribution in [0.2, 0.25) is 0 Å². The number of nitrogens with one attached hydrogen (secondary N) is 1. The summed E-state index contributed by atoms with van der Waals surface area (Å²) >= 11 is 0. The van der Waals surface area contributed by atoms with E-state index in [0.29, 0.717) is 25.5 Å². The Bertz CT molecular complexity index is 515. The molecule has 0 radical (unpaired) electrons. The molecule has 0 saturated carbocycles. The number of amides is 2. The lowest BCUT2D eigenvalue weighted by Crippen LogP contribution is -2.58. The van der Waals surface area contributed by atoms with E-state index in [0.717, 1.165) is 0 Å². The molecule has 0 bridgehead atoms. The number of rotatable bonds is 1. The summed E-state index contributed by atoms with van der Waals surface area (Å²) in [5.41, 5.74) is -0.248. The number of anilines is 1. The molecule has 6 heteroatoms. The van der Waals surface area contributed by atoms with Crippen LogP contribution in [0.3, 0.4) is 0 Å². The summed E-state index contributed by atoms with van der Waals surface area (Å²) < 4.78 is 13.2. The highest BCUT2D eigenvalue weighted by molar-refractivity contribution is 5.75. The van der Waals surface area contributed by atoms with Crippen LogP contribution in [0.5, 0.6) is 0 Å². The molecule has 1 fully saturated rings. The smallest absolute Gasteiger partial charge is 0.317 e. The fourth-order valence-electron chi connectivity index (χ4n) is 2.44. The minimum absolute atomic E-state index is 0.0544. The first-order valence-electron chi connectivity index (χ1n) is 7.22. The zero-order valence-electron chi connectivity index (χ0n) is 13.1. The Kier molecular flexibility index (Phi) is 4.34. The van der Waals surface area contributed by atoms with Gasteiger partial charge in [0.1, 0.15) is 5.82 Å². The number of carbonyl (C=O) groups excluding carboxylic acids is 1. The summed E-state index contributed by atoms with van der Waals surface area (Å²) in [5, 5.41) is 2.97. The average molecular weight is 294 g/mol. The normalized spacial score (nSPS) is 19.6. The van der Waals surface area contributed by atoms with Gasteiger partial charge in [0.25, 0.3) is 0 Å². The minimum Gasteiger partial charge on any atom is -0.350 e. The van der Waals surface area contributed by atoms with Gasteiger partial charge in [-0.15, -0.1) is 0 Å². The monoisotopic (exact) mass is 294 g/mol. The molecular weight excluding hydrogens is 271 g/mol. The third kappa shape index (κ3) is 4.06. The Hall–Kier alpha value is -1.85. The summed E-state index contributed by atoms with van der Waals surface area (Å²) in [6, 6.07) is 4.83. The van der Waals surface area contributed by atoms with Gasteiger partial charge in [-0.25, -0.2) is 9.78 Å². The lowest BCUT2D eigenvalue weighted by atomic mass is 10.1. The maximum absolute atomic E-state index is 13.2. The Morgan fingerprint density at radius 3 is 2.67 bits per heavy atom. The number of hydrogen-bond donors (Lipinski definition) is 1. The fourth-order valence-corrected chi connectivity index (χ4v) is 2.44. The number of aromatic nitrogens is 1. The minimum atomic E-state index is -0.479. The molecule has 5 nitrogen and oxygen atoms in total. The van der Waals surface area contributed by atoms with Gasteiger partial charge < -0.3 is 15.1 Å². The van der Waals surface area contributed by atoms with Crippen molar-refractivity contribution >= 4 is 11.8 Å². The van der Waals surface area contributed by atoms with Gasteiger partial charge in [-0.05, 0) is 39.8 Å². The fraction of sp³-hybridized carbons (Fsp3) is 0.600. The molecular formula is C15H23FN4O. The molecule has 0 aliphatic carbocycles. The Balaban J connectivity index is 2.01. The number of hydrogen-bond acceptors (Lipinski definition) is 3. The highest BCUT2D eigenvalue weighted by Crippen LogP contribution is 2.18. The molecule has 0 spiro atoms. The largest absolute Gasteiger partial charge is 0.350 e. The number of urea groups is 1. The number of pyridine rings is 1. The molecule has 2 amide bonds. The molecule has 1 aromatic rings. The molecule has 1 unspecified atom stereocenters. The second-order valence-electron chi connectivity index (χ2n) is 6.49. The molecule has 1 aliphatic heterocycles. The van der Waals surface area contributed by atoms with Crippen molar-refractivity contribution in [1.29, 1.82) is 0 Å². The van der Waals surface area contributed by atoms with Crippen LogP contribution in [0.25, 0.3) is 0 Å². The van der Waals surface area contributed by atoms with E-state index in [1.165, 1.54) is 6.07 Å². The van der Waals surface area contributed by atoms with Gasteiger partial charge in [0, 0.05) is 31.2 Å². The zero-order chi connectivity index (χ0) is 15.6. The van der Waals surface area contributed by atoms with Crippen LogP contribution < -0.4 is 10.2 Å². The van der Waals surface area contributed by atoms with Crippen molar-refractivity contribution in [3.63, 3.8) is 0 Å². The lowest BCUT2D eigenvalue weighted by Gasteiger charge is -2.41. The second-order valence-corrected chi connectivity index (χ2v) is 6.49. The molecule has 0 aromatic carbocycles. The molecule has 116 valence electrons. The van der Waals surface area contributed by atoms with Crippen LogP contribution in [0, 0.1) is 5.95 Å². The van der Waals surface area contributed by atoms with E-state index >= 15 is 0 Å². The molecule has 21 heavy (non-hydrogen) atoms. The van der Waals surface area contributed by atoms with Crippen molar-refractivity contribution in [2.24, 2.45) is 0 Å². The van der Waals surface area contributed by atoms with Crippen molar-refractivity contribution in [1.82, 2.24) is 15.2 Å². The van der Waals surface area contributed by atoms with Crippen molar-refractivity contribution in [3.8, 4) is 0 Å². The Labute approximate surface area is 125 Å². The summed E-state index contributed by atoms with van der Waals surface area (Å²) in [5.74, 6) is 0.144. The molecule has 1 N–H and O–H groups in total.